The van der Waals surface area contributed by atoms with Crippen LogP contribution in [0.2, 0.25) is 0 Å². The Morgan fingerprint density at radius 2 is 2.12 bits per heavy atom. The summed E-state index contributed by atoms with van der Waals surface area (Å²) in [6.07, 6.45) is 7.36. The molecule has 2 N–H and O–H groups in total. The van der Waals surface area contributed by atoms with Gasteiger partial charge in [-0.25, -0.2) is 4.98 Å². The average Bonchev–Trinajstić information content (AvgIpc) is 2.84. The molecule has 0 saturated heterocycles. The maximum Gasteiger partial charge on any atom is 0.0995 e. The van der Waals surface area contributed by atoms with Gasteiger partial charge in [-0.1, -0.05) is 0 Å². The van der Waals surface area contributed by atoms with Crippen LogP contribution in [0.4, 0.5) is 0 Å². The zero-order chi connectivity index (χ0) is 11.8. The third kappa shape index (κ3) is 1.86. The Kier molecular flexibility index (Phi) is 2.55. The van der Waals surface area contributed by atoms with Gasteiger partial charge in [0.2, 0.25) is 0 Å². The quantitative estimate of drug-likeness (QED) is 0.846. The average molecular weight is 219 g/mol. The number of nitrogens with two attached hydrogens (primary N) is 1. The highest BCUT2D eigenvalue weighted by molar-refractivity contribution is 5.30. The molecule has 0 unspecified atom stereocenters. The van der Waals surface area contributed by atoms with Gasteiger partial charge in [0.05, 0.1) is 35.6 Å². The monoisotopic (exact) mass is 219 g/mol. The fourth-order valence-corrected chi connectivity index (χ4v) is 1.63. The van der Waals surface area contributed by atoms with Crippen LogP contribution in [0, 0.1) is 0 Å². The van der Waals surface area contributed by atoms with E-state index in [1.54, 1.807) is 12.5 Å². The lowest BCUT2D eigenvalue weighted by Gasteiger charge is -2.19. The molecule has 0 spiro atoms. The van der Waals surface area contributed by atoms with Crippen molar-refractivity contribution < 1.29 is 0 Å². The second kappa shape index (κ2) is 3.75. The summed E-state index contributed by atoms with van der Waals surface area (Å²) in [5.41, 5.74) is 7.65. The van der Waals surface area contributed by atoms with Crippen molar-refractivity contribution in [3.05, 3.63) is 30.6 Å². The van der Waals surface area contributed by atoms with Crippen LogP contribution >= 0.6 is 0 Å². The molecule has 2 heterocycles. The van der Waals surface area contributed by atoms with E-state index in [9.17, 15) is 0 Å². The van der Waals surface area contributed by atoms with Crippen molar-refractivity contribution in [1.82, 2.24) is 19.3 Å². The molecule has 0 atom stereocenters. The highest BCUT2D eigenvalue weighted by Crippen LogP contribution is 2.19. The highest BCUT2D eigenvalue weighted by atomic mass is 15.3. The molecule has 0 fully saturated rings. The molecule has 0 aromatic carbocycles. The molecule has 2 rings (SSSR count). The Balaban J connectivity index is 2.44. The van der Waals surface area contributed by atoms with E-state index < -0.39 is 5.54 Å². The van der Waals surface area contributed by atoms with E-state index in [-0.39, 0.29) is 0 Å². The number of rotatable bonds is 3. The van der Waals surface area contributed by atoms with Crippen LogP contribution in [-0.2, 0) is 12.1 Å². The van der Waals surface area contributed by atoms with E-state index >= 15 is 0 Å². The van der Waals surface area contributed by atoms with Crippen molar-refractivity contribution in [2.75, 3.05) is 0 Å². The number of aromatic nitrogens is 4. The van der Waals surface area contributed by atoms with Gasteiger partial charge in [-0.15, -0.1) is 0 Å². The first kappa shape index (κ1) is 10.9. The van der Waals surface area contributed by atoms with E-state index in [2.05, 4.69) is 17.0 Å². The van der Waals surface area contributed by atoms with Crippen LogP contribution in [0.5, 0.6) is 0 Å². The summed E-state index contributed by atoms with van der Waals surface area (Å²) >= 11 is 0. The normalized spacial score (nSPS) is 12.0. The summed E-state index contributed by atoms with van der Waals surface area (Å²) in [6.45, 7) is 6.84. The van der Waals surface area contributed by atoms with Crippen LogP contribution in [-0.4, -0.2) is 19.3 Å². The Bertz CT molecular complexity index is 475. The summed E-state index contributed by atoms with van der Waals surface area (Å²) in [6, 6.07) is 0. The van der Waals surface area contributed by atoms with Crippen LogP contribution in [0.1, 0.15) is 26.5 Å². The topological polar surface area (TPSA) is 61.7 Å². The Morgan fingerprint density at radius 3 is 2.69 bits per heavy atom. The molecule has 0 radical (unpaired) electrons. The number of aryl methyl sites for hydroxylation is 1. The highest BCUT2D eigenvalue weighted by Gasteiger charge is 2.20. The minimum Gasteiger partial charge on any atom is -0.321 e. The minimum absolute atomic E-state index is 0.412. The molecular weight excluding hydrogens is 202 g/mol. The van der Waals surface area contributed by atoms with E-state index in [4.69, 9.17) is 5.73 Å². The predicted molar refractivity (Wildman–Crippen MR) is 62.2 cm³/mol. The molecular formula is C11H17N5. The molecule has 2 aromatic rings. The zero-order valence-electron chi connectivity index (χ0n) is 9.88. The fourth-order valence-electron chi connectivity index (χ4n) is 1.63. The van der Waals surface area contributed by atoms with Crippen molar-refractivity contribution in [2.45, 2.75) is 32.9 Å². The smallest absolute Gasteiger partial charge is 0.0995 e. The fraction of sp³-hybridized carbons (Fsp3) is 0.455. The summed E-state index contributed by atoms with van der Waals surface area (Å²) in [7, 11) is 0. The van der Waals surface area contributed by atoms with Crippen molar-refractivity contribution in [2.24, 2.45) is 5.73 Å². The van der Waals surface area contributed by atoms with Crippen LogP contribution in [0.15, 0.2) is 24.9 Å². The Hall–Kier alpha value is -1.62. The van der Waals surface area contributed by atoms with Gasteiger partial charge in [0.25, 0.3) is 0 Å². The maximum atomic E-state index is 6.09. The molecule has 0 bridgehead atoms. The van der Waals surface area contributed by atoms with E-state index in [0.717, 1.165) is 17.9 Å². The first-order valence-electron chi connectivity index (χ1n) is 5.37. The molecule has 5 nitrogen and oxygen atoms in total. The van der Waals surface area contributed by atoms with Crippen molar-refractivity contribution >= 4 is 0 Å². The maximum absolute atomic E-state index is 6.09. The molecule has 0 aliphatic rings. The largest absolute Gasteiger partial charge is 0.321 e. The Labute approximate surface area is 94.9 Å². The van der Waals surface area contributed by atoms with Gasteiger partial charge < -0.3 is 5.73 Å². The molecule has 0 aliphatic carbocycles. The third-order valence-electron chi connectivity index (χ3n) is 2.52. The van der Waals surface area contributed by atoms with E-state index in [1.807, 2.05) is 35.5 Å². The number of hydrogen-bond donors (Lipinski definition) is 1. The van der Waals surface area contributed by atoms with E-state index in [1.165, 1.54) is 0 Å². The molecule has 16 heavy (non-hydrogen) atoms. The van der Waals surface area contributed by atoms with Gasteiger partial charge in [-0.05, 0) is 20.8 Å². The summed E-state index contributed by atoms with van der Waals surface area (Å²) in [5, 5.41) is 4.24. The third-order valence-corrected chi connectivity index (χ3v) is 2.52. The SMILES string of the molecule is CCn1cc(-n2cncc2C(C)(C)N)cn1. The van der Waals surface area contributed by atoms with Crippen molar-refractivity contribution in [1.29, 1.82) is 0 Å². The van der Waals surface area contributed by atoms with E-state index in [0.29, 0.717) is 0 Å². The molecule has 86 valence electrons. The van der Waals surface area contributed by atoms with Crippen LogP contribution < -0.4 is 5.73 Å². The van der Waals surface area contributed by atoms with Gasteiger partial charge >= 0.3 is 0 Å². The minimum atomic E-state index is -0.412. The first-order chi connectivity index (χ1) is 7.52. The second-order valence-corrected chi connectivity index (χ2v) is 4.42. The molecule has 2 aromatic heterocycles. The number of nitrogens with zero attached hydrogens (tertiary/aromatic N) is 4. The van der Waals surface area contributed by atoms with Gasteiger partial charge in [-0.2, -0.15) is 5.10 Å². The van der Waals surface area contributed by atoms with Crippen LogP contribution in [0.3, 0.4) is 0 Å². The number of imidazole rings is 1. The summed E-state index contributed by atoms with van der Waals surface area (Å²) in [4.78, 5) is 4.15. The summed E-state index contributed by atoms with van der Waals surface area (Å²) < 4.78 is 3.85. The van der Waals surface area contributed by atoms with Gasteiger partial charge in [0.1, 0.15) is 0 Å². The van der Waals surface area contributed by atoms with Gasteiger partial charge in [-0.3, -0.25) is 9.25 Å². The number of hydrogen-bond acceptors (Lipinski definition) is 3. The summed E-state index contributed by atoms with van der Waals surface area (Å²) in [5.74, 6) is 0. The molecule has 0 saturated carbocycles. The molecule has 0 amide bonds. The van der Waals surface area contributed by atoms with Gasteiger partial charge in [0.15, 0.2) is 0 Å². The lowest BCUT2D eigenvalue weighted by atomic mass is 10.0. The molecule has 0 aliphatic heterocycles. The Morgan fingerprint density at radius 1 is 1.38 bits per heavy atom. The van der Waals surface area contributed by atoms with Gasteiger partial charge in [0, 0.05) is 12.7 Å². The lowest BCUT2D eigenvalue weighted by Crippen LogP contribution is -2.31. The molecule has 5 heteroatoms. The second-order valence-electron chi connectivity index (χ2n) is 4.42. The standard InChI is InChI=1S/C11H17N5/c1-4-15-7-9(5-14-15)16-8-13-6-10(16)11(2,3)12/h5-8H,4,12H2,1-3H3. The predicted octanol–water partition coefficient (Wildman–Crippen LogP) is 1.28. The van der Waals surface area contributed by atoms with Crippen molar-refractivity contribution in [3.63, 3.8) is 0 Å². The van der Waals surface area contributed by atoms with Crippen LogP contribution in [0.25, 0.3) is 5.69 Å². The zero-order valence-corrected chi connectivity index (χ0v) is 9.88. The van der Waals surface area contributed by atoms with Crippen molar-refractivity contribution in [3.8, 4) is 5.69 Å². The lowest BCUT2D eigenvalue weighted by molar-refractivity contribution is 0.524. The first-order valence-corrected chi connectivity index (χ1v) is 5.37.